The van der Waals surface area contributed by atoms with Gasteiger partial charge in [0.05, 0.1) is 6.42 Å². The largest absolute Gasteiger partial charge is 0.479 e. The fourth-order valence-corrected chi connectivity index (χ4v) is 2.68. The van der Waals surface area contributed by atoms with Crippen molar-refractivity contribution < 1.29 is 24.2 Å². The highest BCUT2D eigenvalue weighted by atomic mass is 16.7. The van der Waals surface area contributed by atoms with Crippen molar-refractivity contribution in [3.63, 3.8) is 0 Å². The predicted octanol–water partition coefficient (Wildman–Crippen LogP) is 2.52. The fourth-order valence-electron chi connectivity index (χ4n) is 2.68. The Morgan fingerprint density at radius 3 is 2.56 bits per heavy atom. The van der Waals surface area contributed by atoms with Crippen molar-refractivity contribution in [1.29, 1.82) is 0 Å². The Bertz CT molecular complexity index is 831. The number of benzene rings is 2. The summed E-state index contributed by atoms with van der Waals surface area (Å²) < 4.78 is 10.5. The van der Waals surface area contributed by atoms with Crippen molar-refractivity contribution in [3.05, 3.63) is 58.7 Å². The van der Waals surface area contributed by atoms with Gasteiger partial charge in [-0.15, -0.1) is 0 Å². The molecule has 0 bridgehead atoms. The number of carboxylic acids is 1. The number of aryl methyl sites for hydroxylation is 2. The molecule has 1 aliphatic heterocycles. The number of hydrogen-bond donors (Lipinski definition) is 2. The van der Waals surface area contributed by atoms with Gasteiger partial charge < -0.3 is 19.9 Å². The average Bonchev–Trinajstić information content (AvgIpc) is 3.03. The molecule has 0 radical (unpaired) electrons. The maximum absolute atomic E-state index is 12.3. The van der Waals surface area contributed by atoms with Crippen LogP contribution in [0.2, 0.25) is 0 Å². The second-order valence-electron chi connectivity index (χ2n) is 6.05. The highest BCUT2D eigenvalue weighted by molar-refractivity contribution is 5.86. The van der Waals surface area contributed by atoms with Crippen LogP contribution in [0.1, 0.15) is 28.3 Å². The summed E-state index contributed by atoms with van der Waals surface area (Å²) in [6.07, 6.45) is 0.0608. The summed E-state index contributed by atoms with van der Waals surface area (Å²) in [7, 11) is 0. The fraction of sp³-hybridized carbons (Fsp3) is 0.263. The van der Waals surface area contributed by atoms with Crippen LogP contribution in [-0.2, 0) is 16.0 Å². The van der Waals surface area contributed by atoms with Crippen LogP contribution in [0.3, 0.4) is 0 Å². The van der Waals surface area contributed by atoms with Gasteiger partial charge in [-0.1, -0.05) is 24.3 Å². The minimum atomic E-state index is -1.10. The number of hydrogen-bond acceptors (Lipinski definition) is 4. The van der Waals surface area contributed by atoms with Crippen LogP contribution in [-0.4, -0.2) is 23.8 Å². The molecule has 1 atom stereocenters. The normalized spacial score (nSPS) is 13.4. The molecule has 1 heterocycles. The lowest BCUT2D eigenvalue weighted by atomic mass is 10.0. The van der Waals surface area contributed by atoms with Crippen molar-refractivity contribution in [3.8, 4) is 11.5 Å². The molecule has 0 aromatic heterocycles. The number of carbonyl (C=O) groups is 2. The van der Waals surface area contributed by atoms with E-state index in [2.05, 4.69) is 5.32 Å². The zero-order chi connectivity index (χ0) is 18.0. The summed E-state index contributed by atoms with van der Waals surface area (Å²) in [4.78, 5) is 23.9. The molecular weight excluding hydrogens is 322 g/mol. The van der Waals surface area contributed by atoms with Gasteiger partial charge in [-0.3, -0.25) is 4.79 Å². The molecule has 1 aliphatic rings. The molecular formula is C19H19NO5. The minimum absolute atomic E-state index is 0.0608. The molecule has 130 valence electrons. The first-order valence-electron chi connectivity index (χ1n) is 7.92. The maximum atomic E-state index is 12.3. The summed E-state index contributed by atoms with van der Waals surface area (Å²) in [5.41, 5.74) is 3.33. The smallest absolute Gasteiger partial charge is 0.330 e. The van der Waals surface area contributed by atoms with Gasteiger partial charge in [0.1, 0.15) is 0 Å². The summed E-state index contributed by atoms with van der Waals surface area (Å²) in [5.74, 6) is -0.233. The van der Waals surface area contributed by atoms with Gasteiger partial charge >= 0.3 is 5.97 Å². The van der Waals surface area contributed by atoms with Gasteiger partial charge in [0.2, 0.25) is 12.7 Å². The molecule has 0 saturated heterocycles. The number of amides is 1. The molecule has 0 saturated carbocycles. The standard InChI is InChI=1S/C19H19NO5/c1-11-3-5-14(7-12(11)2)18(19(22)23)20-17(21)9-13-4-6-15-16(8-13)25-10-24-15/h3-8,18H,9-10H2,1-2H3,(H,20,21)(H,22,23). The van der Waals surface area contributed by atoms with E-state index in [4.69, 9.17) is 9.47 Å². The van der Waals surface area contributed by atoms with E-state index in [1.807, 2.05) is 19.9 Å². The highest BCUT2D eigenvalue weighted by Crippen LogP contribution is 2.32. The van der Waals surface area contributed by atoms with E-state index < -0.39 is 12.0 Å². The van der Waals surface area contributed by atoms with Gasteiger partial charge in [0.25, 0.3) is 0 Å². The number of carboxylic acid groups (broad SMARTS) is 1. The quantitative estimate of drug-likeness (QED) is 0.873. The molecule has 1 amide bonds. The molecule has 2 N–H and O–H groups in total. The van der Waals surface area contributed by atoms with Gasteiger partial charge in [-0.2, -0.15) is 0 Å². The number of carbonyl (C=O) groups excluding carboxylic acids is 1. The number of rotatable bonds is 5. The third-order valence-electron chi connectivity index (χ3n) is 4.22. The van der Waals surface area contributed by atoms with Crippen molar-refractivity contribution in [1.82, 2.24) is 5.32 Å². The minimum Gasteiger partial charge on any atom is -0.479 e. The molecule has 6 nitrogen and oxygen atoms in total. The summed E-state index contributed by atoms with van der Waals surface area (Å²) in [6.45, 7) is 4.03. The number of aliphatic carboxylic acids is 1. The van der Waals surface area contributed by atoms with Crippen molar-refractivity contribution in [2.24, 2.45) is 0 Å². The van der Waals surface area contributed by atoms with Crippen LogP contribution >= 0.6 is 0 Å². The zero-order valence-electron chi connectivity index (χ0n) is 14.0. The molecule has 2 aromatic rings. The Morgan fingerprint density at radius 2 is 1.84 bits per heavy atom. The lowest BCUT2D eigenvalue weighted by Gasteiger charge is -2.16. The molecule has 25 heavy (non-hydrogen) atoms. The van der Waals surface area contributed by atoms with E-state index in [9.17, 15) is 14.7 Å². The summed E-state index contributed by atoms with van der Waals surface area (Å²) in [5, 5.41) is 12.1. The Labute approximate surface area is 145 Å². The highest BCUT2D eigenvalue weighted by Gasteiger charge is 2.23. The molecule has 3 rings (SSSR count). The first-order valence-corrected chi connectivity index (χ1v) is 7.92. The van der Waals surface area contributed by atoms with Crippen LogP contribution < -0.4 is 14.8 Å². The van der Waals surface area contributed by atoms with E-state index >= 15 is 0 Å². The third kappa shape index (κ3) is 3.74. The molecule has 6 heteroatoms. The van der Waals surface area contributed by atoms with E-state index in [-0.39, 0.29) is 19.1 Å². The van der Waals surface area contributed by atoms with Crippen LogP contribution in [0.15, 0.2) is 36.4 Å². The second-order valence-corrected chi connectivity index (χ2v) is 6.05. The van der Waals surface area contributed by atoms with E-state index in [0.717, 1.165) is 16.7 Å². The Hall–Kier alpha value is -3.02. The zero-order valence-corrected chi connectivity index (χ0v) is 14.0. The van der Waals surface area contributed by atoms with Crippen LogP contribution in [0.4, 0.5) is 0 Å². The third-order valence-corrected chi connectivity index (χ3v) is 4.22. The molecule has 0 aliphatic carbocycles. The topological polar surface area (TPSA) is 84.9 Å². The number of fused-ring (bicyclic) bond motifs is 1. The van der Waals surface area contributed by atoms with Gasteiger partial charge in [-0.25, -0.2) is 4.79 Å². The van der Waals surface area contributed by atoms with Gasteiger partial charge in [0.15, 0.2) is 17.5 Å². The lowest BCUT2D eigenvalue weighted by molar-refractivity contribution is -0.141. The first kappa shape index (κ1) is 16.8. The maximum Gasteiger partial charge on any atom is 0.330 e. The summed E-state index contributed by atoms with van der Waals surface area (Å²) >= 11 is 0. The van der Waals surface area contributed by atoms with Gasteiger partial charge in [0, 0.05) is 0 Å². The van der Waals surface area contributed by atoms with Crippen LogP contribution in [0.5, 0.6) is 11.5 Å². The van der Waals surface area contributed by atoms with Crippen molar-refractivity contribution >= 4 is 11.9 Å². The second kappa shape index (κ2) is 6.84. The lowest BCUT2D eigenvalue weighted by Crippen LogP contribution is -2.34. The number of ether oxygens (including phenoxy) is 2. The van der Waals surface area contributed by atoms with Crippen LogP contribution in [0.25, 0.3) is 0 Å². The SMILES string of the molecule is Cc1ccc(C(NC(=O)Cc2ccc3c(c2)OCO3)C(=O)O)cc1C. The average molecular weight is 341 g/mol. The van der Waals surface area contributed by atoms with E-state index in [1.54, 1.807) is 30.3 Å². The monoisotopic (exact) mass is 341 g/mol. The number of nitrogens with one attached hydrogen (secondary N) is 1. The Kier molecular flexibility index (Phi) is 4.61. The van der Waals surface area contributed by atoms with Crippen molar-refractivity contribution in [2.45, 2.75) is 26.3 Å². The molecule has 0 spiro atoms. The van der Waals surface area contributed by atoms with Crippen molar-refractivity contribution in [2.75, 3.05) is 6.79 Å². The van der Waals surface area contributed by atoms with Gasteiger partial charge in [-0.05, 0) is 48.2 Å². The first-order chi connectivity index (χ1) is 11.9. The summed E-state index contributed by atoms with van der Waals surface area (Å²) in [6, 6.07) is 9.51. The Balaban J connectivity index is 1.72. The van der Waals surface area contributed by atoms with E-state index in [1.165, 1.54) is 0 Å². The van der Waals surface area contributed by atoms with E-state index in [0.29, 0.717) is 17.1 Å². The molecule has 2 aromatic carbocycles. The Morgan fingerprint density at radius 1 is 1.08 bits per heavy atom. The molecule has 0 fully saturated rings. The molecule has 1 unspecified atom stereocenters. The van der Waals surface area contributed by atoms with Crippen LogP contribution in [0, 0.1) is 13.8 Å². The predicted molar refractivity (Wildman–Crippen MR) is 90.7 cm³/mol.